The van der Waals surface area contributed by atoms with Crippen molar-refractivity contribution < 1.29 is 0 Å². The van der Waals surface area contributed by atoms with E-state index in [2.05, 4.69) is 109 Å². The van der Waals surface area contributed by atoms with Crippen LogP contribution in [0.4, 0.5) is 35.7 Å². The van der Waals surface area contributed by atoms with Crippen LogP contribution in [0.2, 0.25) is 0 Å². The van der Waals surface area contributed by atoms with Gasteiger partial charge in [-0.1, -0.05) is 23.5 Å². The highest BCUT2D eigenvalue weighted by Crippen LogP contribution is 2.14. The van der Waals surface area contributed by atoms with Gasteiger partial charge < -0.3 is 32.7 Å². The second-order valence-electron chi connectivity index (χ2n) is 8.31. The van der Waals surface area contributed by atoms with E-state index < -0.39 is 0 Å². The van der Waals surface area contributed by atoms with Gasteiger partial charge in [-0.15, -0.1) is 10.2 Å². The number of anilines is 6. The second kappa shape index (κ2) is 20.6. The summed E-state index contributed by atoms with van der Waals surface area (Å²) < 4.78 is 0. The molecule has 4 heterocycles. The highest BCUT2D eigenvalue weighted by molar-refractivity contribution is 7.98. The Balaban J connectivity index is 0.000000303. The molecule has 0 unspecified atom stereocenters. The summed E-state index contributed by atoms with van der Waals surface area (Å²) in [5.74, 6) is 3.07. The van der Waals surface area contributed by atoms with Crippen molar-refractivity contribution in [1.82, 2.24) is 60.3 Å². The molecule has 42 heavy (non-hydrogen) atoms. The van der Waals surface area contributed by atoms with E-state index >= 15 is 0 Å². The zero-order valence-corrected chi connectivity index (χ0v) is 26.8. The topological polar surface area (TPSA) is 261 Å². The normalized spacial score (nSPS) is 9.95. The molecule has 4 aromatic heterocycles. The second-order valence-corrected chi connectivity index (χ2v) is 9.86. The molecule has 0 amide bonds. The van der Waals surface area contributed by atoms with Crippen molar-refractivity contribution in [2.75, 3.05) is 58.3 Å². The first-order chi connectivity index (χ1) is 20.1. The van der Waals surface area contributed by atoms with E-state index in [1.54, 1.807) is 0 Å². The van der Waals surface area contributed by atoms with Crippen molar-refractivity contribution in [2.45, 2.75) is 63.9 Å². The van der Waals surface area contributed by atoms with Crippen molar-refractivity contribution in [3.63, 3.8) is 0 Å². The number of hydrogen-bond acceptors (Lipinski definition) is 18. The van der Waals surface area contributed by atoms with Crippen LogP contribution in [0, 0.1) is 0 Å². The first-order valence-electron chi connectivity index (χ1n) is 12.9. The van der Waals surface area contributed by atoms with Crippen LogP contribution in [-0.2, 0) is 0 Å². The van der Waals surface area contributed by atoms with Crippen LogP contribution in [0.15, 0.2) is 23.0 Å². The lowest BCUT2D eigenvalue weighted by Crippen LogP contribution is -2.15. The Labute approximate surface area is 254 Å². The van der Waals surface area contributed by atoms with Gasteiger partial charge in [-0.2, -0.15) is 29.9 Å². The van der Waals surface area contributed by atoms with Gasteiger partial charge in [-0.25, -0.2) is 9.97 Å². The van der Waals surface area contributed by atoms with Crippen molar-refractivity contribution >= 4 is 59.2 Å². The van der Waals surface area contributed by atoms with Crippen molar-refractivity contribution in [2.24, 2.45) is 0 Å². The molecule has 20 heteroatoms. The molecule has 0 aromatic carbocycles. The van der Waals surface area contributed by atoms with E-state index in [0.29, 0.717) is 35.9 Å². The molecule has 10 N–H and O–H groups in total. The molecule has 0 aliphatic rings. The summed E-state index contributed by atoms with van der Waals surface area (Å²) in [7, 11) is 0. The SMILES string of the molecule is CCNc1nc(NC(C)C)nc(SC)n1.CCNc1nc(NC(C)C)nc(SC)n1.Nc1nc[nH]n1.Nc1nc[nH]n1. The number of hydrogen-bond donors (Lipinski definition) is 8. The Bertz CT molecular complexity index is 1120. The molecule has 0 saturated carbocycles. The molecule has 0 fully saturated rings. The largest absolute Gasteiger partial charge is 0.367 e. The zero-order chi connectivity index (χ0) is 31.3. The van der Waals surface area contributed by atoms with Crippen LogP contribution in [0.1, 0.15) is 41.5 Å². The summed E-state index contributed by atoms with van der Waals surface area (Å²) in [5, 5.41) is 25.7. The molecule has 0 bridgehead atoms. The Morgan fingerprint density at radius 3 is 1.21 bits per heavy atom. The van der Waals surface area contributed by atoms with Crippen molar-refractivity contribution in [3.05, 3.63) is 12.7 Å². The molecule has 0 spiro atoms. The van der Waals surface area contributed by atoms with Crippen LogP contribution in [0.25, 0.3) is 0 Å². The highest BCUT2D eigenvalue weighted by Gasteiger charge is 2.06. The fourth-order valence-corrected chi connectivity index (χ4v) is 3.16. The first kappa shape index (κ1) is 35.8. The summed E-state index contributed by atoms with van der Waals surface area (Å²) in [6.07, 6.45) is 6.75. The average molecular weight is 623 g/mol. The van der Waals surface area contributed by atoms with Gasteiger partial charge in [0, 0.05) is 25.2 Å². The number of nitrogens with two attached hydrogens (primary N) is 2. The number of aromatic nitrogens is 12. The van der Waals surface area contributed by atoms with Gasteiger partial charge in [0.25, 0.3) is 0 Å². The van der Waals surface area contributed by atoms with Crippen molar-refractivity contribution in [3.8, 4) is 0 Å². The van der Waals surface area contributed by atoms with Crippen LogP contribution in [0.5, 0.6) is 0 Å². The lowest BCUT2D eigenvalue weighted by Gasteiger charge is -2.10. The quantitative estimate of drug-likeness (QED) is 0.118. The van der Waals surface area contributed by atoms with E-state index in [1.165, 1.54) is 36.2 Å². The zero-order valence-electron chi connectivity index (χ0n) is 25.2. The molecule has 0 radical (unpaired) electrons. The van der Waals surface area contributed by atoms with Gasteiger partial charge in [0.05, 0.1) is 0 Å². The molecule has 0 atom stereocenters. The minimum atomic E-state index is 0.287. The predicted molar refractivity (Wildman–Crippen MR) is 171 cm³/mol. The van der Waals surface area contributed by atoms with E-state index in [4.69, 9.17) is 11.5 Å². The molecular weight excluding hydrogens is 581 g/mol. The number of H-pyrrole nitrogens is 2. The fraction of sp³-hybridized carbons (Fsp3) is 0.545. The number of nitrogens with zero attached hydrogens (tertiary/aromatic N) is 10. The number of aromatic amines is 2. The Kier molecular flexibility index (Phi) is 17.6. The number of nitrogen functional groups attached to an aromatic ring is 2. The minimum absolute atomic E-state index is 0.287. The van der Waals surface area contributed by atoms with Gasteiger partial charge in [0.1, 0.15) is 12.7 Å². The maximum absolute atomic E-state index is 5.02. The monoisotopic (exact) mass is 622 g/mol. The number of rotatable bonds is 10. The maximum atomic E-state index is 5.02. The maximum Gasteiger partial charge on any atom is 0.239 e. The molecule has 0 saturated heterocycles. The summed E-state index contributed by atoms with van der Waals surface area (Å²) in [4.78, 5) is 32.6. The lowest BCUT2D eigenvalue weighted by atomic mass is 10.4. The van der Waals surface area contributed by atoms with Crippen LogP contribution < -0.4 is 32.7 Å². The lowest BCUT2D eigenvalue weighted by molar-refractivity contribution is 0.835. The van der Waals surface area contributed by atoms with Gasteiger partial charge in [-0.3, -0.25) is 10.2 Å². The average Bonchev–Trinajstić information content (AvgIpc) is 3.62. The van der Waals surface area contributed by atoms with E-state index in [1.807, 2.05) is 26.4 Å². The van der Waals surface area contributed by atoms with Gasteiger partial charge >= 0.3 is 0 Å². The molecule has 232 valence electrons. The molecule has 4 rings (SSSR count). The Hall–Kier alpha value is -4.20. The minimum Gasteiger partial charge on any atom is -0.367 e. The summed E-state index contributed by atoms with van der Waals surface area (Å²) in [5.41, 5.74) is 10.0. The third-order valence-electron chi connectivity index (χ3n) is 3.97. The van der Waals surface area contributed by atoms with E-state index in [-0.39, 0.29) is 11.9 Å². The molecule has 0 aliphatic heterocycles. The van der Waals surface area contributed by atoms with Crippen LogP contribution >= 0.6 is 23.5 Å². The fourth-order valence-electron chi connectivity index (χ4n) is 2.45. The highest BCUT2D eigenvalue weighted by atomic mass is 32.2. The number of nitrogens with one attached hydrogen (secondary N) is 6. The predicted octanol–water partition coefficient (Wildman–Crippen LogP) is 2.47. The Morgan fingerprint density at radius 2 is 1.00 bits per heavy atom. The summed E-state index contributed by atoms with van der Waals surface area (Å²) >= 11 is 3.02. The van der Waals surface area contributed by atoms with Crippen molar-refractivity contribution in [1.29, 1.82) is 0 Å². The smallest absolute Gasteiger partial charge is 0.239 e. The third kappa shape index (κ3) is 16.2. The van der Waals surface area contributed by atoms with Crippen LogP contribution in [0.3, 0.4) is 0 Å². The standard InChI is InChI=1S/2C9H17N5S.2C2H4N4/c2*1-5-10-7-12-8(11-6(2)3)14-9(13-7)15-4;2*3-2-4-1-5-6-2/h2*6H,5H2,1-4H3,(H2,10,11,12,13,14);2*1H,(H3,3,4,5,6). The summed E-state index contributed by atoms with van der Waals surface area (Å²) in [6, 6.07) is 0.633. The summed E-state index contributed by atoms with van der Waals surface area (Å²) in [6.45, 7) is 13.8. The Morgan fingerprint density at radius 1 is 0.643 bits per heavy atom. The van der Waals surface area contributed by atoms with Crippen LogP contribution in [-0.4, -0.2) is 98.0 Å². The molecular formula is C22H42N18S2. The number of thioether (sulfide) groups is 2. The van der Waals surface area contributed by atoms with E-state index in [9.17, 15) is 0 Å². The van der Waals surface area contributed by atoms with Gasteiger partial charge in [-0.05, 0) is 54.1 Å². The molecule has 0 aliphatic carbocycles. The third-order valence-corrected chi connectivity index (χ3v) is 5.06. The van der Waals surface area contributed by atoms with Gasteiger partial charge in [0.2, 0.25) is 35.7 Å². The molecule has 4 aromatic rings. The first-order valence-corrected chi connectivity index (χ1v) is 15.4. The molecule has 18 nitrogen and oxygen atoms in total. The van der Waals surface area contributed by atoms with Gasteiger partial charge in [0.15, 0.2) is 10.3 Å². The van der Waals surface area contributed by atoms with E-state index in [0.717, 1.165) is 23.4 Å².